The zero-order chi connectivity index (χ0) is 14.0. The predicted octanol–water partition coefficient (Wildman–Crippen LogP) is 4.55. The van der Waals surface area contributed by atoms with Crippen molar-refractivity contribution in [3.05, 3.63) is 57.6 Å². The summed E-state index contributed by atoms with van der Waals surface area (Å²) in [6.45, 7) is 6.10. The van der Waals surface area contributed by atoms with E-state index in [2.05, 4.69) is 13.0 Å². The fraction of sp³-hybridized carbons (Fsp3) is 0.250. The van der Waals surface area contributed by atoms with Gasteiger partial charge in [0.05, 0.1) is 11.6 Å². The van der Waals surface area contributed by atoms with Crippen LogP contribution >= 0.6 is 11.6 Å². The largest absolute Gasteiger partial charge is 0.456 e. The van der Waals surface area contributed by atoms with Crippen molar-refractivity contribution in [2.75, 3.05) is 0 Å². The van der Waals surface area contributed by atoms with Gasteiger partial charge in [0, 0.05) is 0 Å². The van der Waals surface area contributed by atoms with Crippen LogP contribution in [0.1, 0.15) is 22.3 Å². The third-order valence-electron chi connectivity index (χ3n) is 3.16. The summed E-state index contributed by atoms with van der Waals surface area (Å²) in [5, 5.41) is 9.56. The molecule has 0 fully saturated rings. The molecule has 0 aliphatic carbocycles. The van der Waals surface area contributed by atoms with Crippen LogP contribution in [0.3, 0.4) is 0 Å². The summed E-state index contributed by atoms with van der Waals surface area (Å²) in [4.78, 5) is 0. The molecule has 0 saturated carbocycles. The normalized spacial score (nSPS) is 10.6. The summed E-state index contributed by atoms with van der Waals surface area (Å²) in [5.41, 5.74) is 4.22. The summed E-state index contributed by atoms with van der Waals surface area (Å²) in [6.07, 6.45) is 0. The fourth-order valence-electron chi connectivity index (χ4n) is 1.95. The molecule has 2 nitrogen and oxygen atoms in total. The molecule has 2 aromatic carbocycles. The maximum absolute atomic E-state index is 9.06. The number of hydrogen-bond donors (Lipinski definition) is 1. The van der Waals surface area contributed by atoms with Gasteiger partial charge in [-0.25, -0.2) is 0 Å². The number of halogens is 1. The highest BCUT2D eigenvalue weighted by Gasteiger charge is 2.08. The molecule has 2 aromatic rings. The first-order chi connectivity index (χ1) is 9.01. The van der Waals surface area contributed by atoms with Crippen molar-refractivity contribution in [1.29, 1.82) is 0 Å². The zero-order valence-corrected chi connectivity index (χ0v) is 12.1. The molecule has 0 aliphatic heterocycles. The van der Waals surface area contributed by atoms with Gasteiger partial charge in [0.2, 0.25) is 0 Å². The highest BCUT2D eigenvalue weighted by Crippen LogP contribution is 2.33. The van der Waals surface area contributed by atoms with E-state index >= 15 is 0 Å². The van der Waals surface area contributed by atoms with Gasteiger partial charge in [-0.2, -0.15) is 0 Å². The van der Waals surface area contributed by atoms with E-state index < -0.39 is 0 Å². The topological polar surface area (TPSA) is 29.5 Å². The minimum atomic E-state index is -0.0252. The van der Waals surface area contributed by atoms with E-state index in [0.29, 0.717) is 10.8 Å². The molecule has 100 valence electrons. The van der Waals surface area contributed by atoms with Crippen molar-refractivity contribution in [2.45, 2.75) is 27.4 Å². The quantitative estimate of drug-likeness (QED) is 0.891. The minimum absolute atomic E-state index is 0.0252. The van der Waals surface area contributed by atoms with E-state index in [1.807, 2.05) is 19.9 Å². The van der Waals surface area contributed by atoms with Gasteiger partial charge in [0.1, 0.15) is 11.5 Å². The Labute approximate surface area is 118 Å². The molecule has 0 aliphatic rings. The Balaban J connectivity index is 2.36. The van der Waals surface area contributed by atoms with Crippen LogP contribution in [-0.4, -0.2) is 5.11 Å². The van der Waals surface area contributed by atoms with E-state index in [4.69, 9.17) is 21.4 Å². The van der Waals surface area contributed by atoms with Crippen LogP contribution in [-0.2, 0) is 6.61 Å². The zero-order valence-electron chi connectivity index (χ0n) is 11.3. The molecule has 0 spiro atoms. The maximum atomic E-state index is 9.06. The Morgan fingerprint density at radius 2 is 1.79 bits per heavy atom. The highest BCUT2D eigenvalue weighted by molar-refractivity contribution is 6.32. The molecule has 0 unspecified atom stereocenters. The number of benzene rings is 2. The van der Waals surface area contributed by atoms with Gasteiger partial charge in [0.25, 0.3) is 0 Å². The molecular weight excluding hydrogens is 260 g/mol. The molecule has 0 amide bonds. The van der Waals surface area contributed by atoms with Crippen LogP contribution in [0.25, 0.3) is 0 Å². The Morgan fingerprint density at radius 3 is 2.42 bits per heavy atom. The van der Waals surface area contributed by atoms with Crippen molar-refractivity contribution < 1.29 is 9.84 Å². The Morgan fingerprint density at radius 1 is 1.05 bits per heavy atom. The van der Waals surface area contributed by atoms with E-state index in [0.717, 1.165) is 22.4 Å². The Kier molecular flexibility index (Phi) is 4.13. The average molecular weight is 277 g/mol. The average Bonchev–Trinajstić information content (AvgIpc) is 2.37. The summed E-state index contributed by atoms with van der Waals surface area (Å²) >= 11 is 6.15. The van der Waals surface area contributed by atoms with Gasteiger partial charge in [-0.3, -0.25) is 0 Å². The first-order valence-corrected chi connectivity index (χ1v) is 6.54. The van der Waals surface area contributed by atoms with E-state index in [-0.39, 0.29) is 6.61 Å². The summed E-state index contributed by atoms with van der Waals surface area (Å²) in [5.74, 6) is 1.42. The third-order valence-corrected chi connectivity index (χ3v) is 3.46. The molecule has 0 bridgehead atoms. The van der Waals surface area contributed by atoms with E-state index in [9.17, 15) is 0 Å². The lowest BCUT2D eigenvalue weighted by Crippen LogP contribution is -1.93. The minimum Gasteiger partial charge on any atom is -0.456 e. The smallest absolute Gasteiger partial charge is 0.146 e. The van der Waals surface area contributed by atoms with Gasteiger partial charge in [0.15, 0.2) is 0 Å². The molecule has 19 heavy (non-hydrogen) atoms. The van der Waals surface area contributed by atoms with E-state index in [1.54, 1.807) is 18.2 Å². The number of aliphatic hydroxyl groups is 1. The number of aliphatic hydroxyl groups excluding tert-OH is 1. The first kappa shape index (κ1) is 13.9. The Bertz CT molecular complexity index is 606. The fourth-order valence-corrected chi connectivity index (χ4v) is 2.19. The summed E-state index contributed by atoms with van der Waals surface area (Å²) in [7, 11) is 0. The van der Waals surface area contributed by atoms with Crippen LogP contribution in [0, 0.1) is 20.8 Å². The molecule has 0 aromatic heterocycles. The second kappa shape index (κ2) is 5.64. The van der Waals surface area contributed by atoms with Gasteiger partial charge in [-0.15, -0.1) is 0 Å². The number of rotatable bonds is 3. The van der Waals surface area contributed by atoms with Gasteiger partial charge < -0.3 is 9.84 Å². The number of hydrogen-bond acceptors (Lipinski definition) is 2. The molecule has 3 heteroatoms. The van der Waals surface area contributed by atoms with Crippen LogP contribution in [0.15, 0.2) is 30.3 Å². The number of ether oxygens (including phenoxy) is 1. The van der Waals surface area contributed by atoms with Gasteiger partial charge >= 0.3 is 0 Å². The van der Waals surface area contributed by atoms with Crippen LogP contribution < -0.4 is 4.74 Å². The molecule has 0 heterocycles. The van der Waals surface area contributed by atoms with Crippen LogP contribution in [0.4, 0.5) is 0 Å². The molecule has 0 atom stereocenters. The molecule has 0 radical (unpaired) electrons. The van der Waals surface area contributed by atoms with E-state index in [1.165, 1.54) is 5.56 Å². The van der Waals surface area contributed by atoms with Crippen molar-refractivity contribution in [1.82, 2.24) is 0 Å². The monoisotopic (exact) mass is 276 g/mol. The van der Waals surface area contributed by atoms with Crippen LogP contribution in [0.5, 0.6) is 11.5 Å². The molecule has 2 rings (SSSR count). The molecule has 1 N–H and O–H groups in total. The van der Waals surface area contributed by atoms with Crippen LogP contribution in [0.2, 0.25) is 5.02 Å². The van der Waals surface area contributed by atoms with Gasteiger partial charge in [-0.05, 0) is 61.2 Å². The predicted molar refractivity (Wildman–Crippen MR) is 78.1 cm³/mol. The standard InChI is InChI=1S/C16H17ClO2/c1-10-6-11(2)12(3)16(7-10)19-15-5-4-13(9-18)8-14(15)17/h4-8,18H,9H2,1-3H3. The molecular formula is C16H17ClO2. The number of aryl methyl sites for hydroxylation is 2. The summed E-state index contributed by atoms with van der Waals surface area (Å²) < 4.78 is 5.89. The Hall–Kier alpha value is -1.51. The SMILES string of the molecule is Cc1cc(C)c(C)c(Oc2ccc(CO)cc2Cl)c1. The lowest BCUT2D eigenvalue weighted by atomic mass is 10.1. The second-order valence-corrected chi connectivity index (χ2v) is 5.14. The van der Waals surface area contributed by atoms with Crippen molar-refractivity contribution >= 4 is 11.6 Å². The highest BCUT2D eigenvalue weighted by atomic mass is 35.5. The van der Waals surface area contributed by atoms with Gasteiger partial charge in [-0.1, -0.05) is 23.7 Å². The summed E-state index contributed by atoms with van der Waals surface area (Å²) in [6, 6.07) is 9.43. The third kappa shape index (κ3) is 3.09. The lowest BCUT2D eigenvalue weighted by Gasteiger charge is -2.13. The molecule has 0 saturated heterocycles. The van der Waals surface area contributed by atoms with Crippen molar-refractivity contribution in [2.24, 2.45) is 0 Å². The first-order valence-electron chi connectivity index (χ1n) is 6.16. The maximum Gasteiger partial charge on any atom is 0.146 e. The second-order valence-electron chi connectivity index (χ2n) is 4.73. The van der Waals surface area contributed by atoms with Crippen molar-refractivity contribution in [3.63, 3.8) is 0 Å². The lowest BCUT2D eigenvalue weighted by molar-refractivity contribution is 0.281. The van der Waals surface area contributed by atoms with Crippen molar-refractivity contribution in [3.8, 4) is 11.5 Å².